The highest BCUT2D eigenvalue weighted by molar-refractivity contribution is 5.73. The first-order valence-corrected chi connectivity index (χ1v) is 8.45. The van der Waals surface area contributed by atoms with Gasteiger partial charge in [0.15, 0.2) is 0 Å². The second-order valence-electron chi connectivity index (χ2n) is 7.32. The summed E-state index contributed by atoms with van der Waals surface area (Å²) in [6, 6.07) is 8.16. The molecule has 1 aliphatic rings. The zero-order valence-corrected chi connectivity index (χ0v) is 14.9. The molecular formula is C19H29NO3. The third-order valence-corrected chi connectivity index (χ3v) is 4.26. The molecule has 1 heterocycles. The Morgan fingerprint density at radius 1 is 1.30 bits per heavy atom. The van der Waals surface area contributed by atoms with Crippen LogP contribution < -0.4 is 10.1 Å². The Kier molecular flexibility index (Phi) is 5.69. The van der Waals surface area contributed by atoms with Crippen molar-refractivity contribution in [1.82, 2.24) is 5.32 Å². The molecule has 1 N–H and O–H groups in total. The molecule has 1 fully saturated rings. The van der Waals surface area contributed by atoms with Gasteiger partial charge in [-0.05, 0) is 31.2 Å². The van der Waals surface area contributed by atoms with E-state index in [1.807, 2.05) is 25.1 Å². The largest absolute Gasteiger partial charge is 0.493 e. The van der Waals surface area contributed by atoms with E-state index in [0.717, 1.165) is 24.2 Å². The number of amides is 1. The van der Waals surface area contributed by atoms with Crippen molar-refractivity contribution in [2.45, 2.75) is 65.7 Å². The SMILES string of the molecule is CCOc1ccccc1[C@H]1C[C@@H](NC(C)=O)C[C@@H](C(C)(C)C)O1. The summed E-state index contributed by atoms with van der Waals surface area (Å²) in [6.07, 6.45) is 1.65. The van der Waals surface area contributed by atoms with E-state index in [-0.39, 0.29) is 29.6 Å². The lowest BCUT2D eigenvalue weighted by Crippen LogP contribution is -2.46. The number of carbonyl (C=O) groups is 1. The van der Waals surface area contributed by atoms with Crippen molar-refractivity contribution in [3.8, 4) is 5.75 Å². The van der Waals surface area contributed by atoms with Crippen LogP contribution in [0, 0.1) is 5.41 Å². The molecule has 1 aromatic carbocycles. The number of rotatable bonds is 4. The zero-order valence-electron chi connectivity index (χ0n) is 14.9. The standard InChI is InChI=1S/C19H29NO3/c1-6-22-16-10-8-7-9-15(16)17-11-14(20-13(2)21)12-18(23-17)19(3,4)5/h7-10,14,17-18H,6,11-12H2,1-5H3,(H,20,21)/t14-,17-,18+/m1/s1. The first-order chi connectivity index (χ1) is 10.8. The molecule has 0 bridgehead atoms. The molecule has 0 radical (unpaired) electrons. The summed E-state index contributed by atoms with van der Waals surface area (Å²) in [5, 5.41) is 3.08. The first kappa shape index (κ1) is 17.8. The Balaban J connectivity index is 2.27. The topological polar surface area (TPSA) is 47.6 Å². The number of nitrogens with one attached hydrogen (secondary N) is 1. The van der Waals surface area contributed by atoms with Crippen LogP contribution in [-0.4, -0.2) is 24.7 Å². The third kappa shape index (κ3) is 4.71. The molecule has 1 amide bonds. The molecule has 128 valence electrons. The lowest BCUT2D eigenvalue weighted by Gasteiger charge is -2.42. The van der Waals surface area contributed by atoms with Gasteiger partial charge in [-0.2, -0.15) is 0 Å². The van der Waals surface area contributed by atoms with Gasteiger partial charge < -0.3 is 14.8 Å². The predicted octanol–water partition coefficient (Wildman–Crippen LogP) is 3.86. The minimum Gasteiger partial charge on any atom is -0.493 e. The minimum absolute atomic E-state index is 0.0152. The van der Waals surface area contributed by atoms with Gasteiger partial charge in [0, 0.05) is 18.5 Å². The second kappa shape index (κ2) is 7.35. The molecular weight excluding hydrogens is 290 g/mol. The molecule has 0 unspecified atom stereocenters. The van der Waals surface area contributed by atoms with E-state index in [1.54, 1.807) is 6.92 Å². The number of benzene rings is 1. The van der Waals surface area contributed by atoms with Crippen LogP contribution in [0.2, 0.25) is 0 Å². The summed E-state index contributed by atoms with van der Waals surface area (Å²) in [4.78, 5) is 11.5. The number of hydrogen-bond donors (Lipinski definition) is 1. The van der Waals surface area contributed by atoms with Gasteiger partial charge >= 0.3 is 0 Å². The molecule has 0 aromatic heterocycles. The van der Waals surface area contributed by atoms with Gasteiger partial charge in [-0.25, -0.2) is 0 Å². The fraction of sp³-hybridized carbons (Fsp3) is 0.632. The van der Waals surface area contributed by atoms with Crippen molar-refractivity contribution in [3.63, 3.8) is 0 Å². The number of hydrogen-bond acceptors (Lipinski definition) is 3. The van der Waals surface area contributed by atoms with E-state index >= 15 is 0 Å². The van der Waals surface area contributed by atoms with E-state index in [2.05, 4.69) is 32.2 Å². The Morgan fingerprint density at radius 2 is 2.00 bits per heavy atom. The van der Waals surface area contributed by atoms with Crippen LogP contribution in [0.15, 0.2) is 24.3 Å². The highest BCUT2D eigenvalue weighted by Gasteiger charge is 2.37. The Labute approximate surface area is 139 Å². The fourth-order valence-corrected chi connectivity index (χ4v) is 3.12. The normalized spacial score (nSPS) is 25.0. The quantitative estimate of drug-likeness (QED) is 0.917. The smallest absolute Gasteiger partial charge is 0.217 e. The van der Waals surface area contributed by atoms with Gasteiger partial charge in [-0.3, -0.25) is 4.79 Å². The van der Waals surface area contributed by atoms with E-state index < -0.39 is 0 Å². The molecule has 3 atom stereocenters. The molecule has 4 nitrogen and oxygen atoms in total. The molecule has 0 saturated carbocycles. The summed E-state index contributed by atoms with van der Waals surface area (Å²) in [5.41, 5.74) is 1.09. The van der Waals surface area contributed by atoms with Crippen molar-refractivity contribution in [3.05, 3.63) is 29.8 Å². The average Bonchev–Trinajstić information content (AvgIpc) is 2.46. The number of para-hydroxylation sites is 1. The number of ether oxygens (including phenoxy) is 2. The first-order valence-electron chi connectivity index (χ1n) is 8.45. The molecule has 1 aromatic rings. The summed E-state index contributed by atoms with van der Waals surface area (Å²) in [6.45, 7) is 10.7. The van der Waals surface area contributed by atoms with Gasteiger partial charge in [-0.1, -0.05) is 39.0 Å². The Bertz CT molecular complexity index is 536. The van der Waals surface area contributed by atoms with E-state index in [0.29, 0.717) is 6.61 Å². The fourth-order valence-electron chi connectivity index (χ4n) is 3.12. The van der Waals surface area contributed by atoms with Gasteiger partial charge in [0.25, 0.3) is 0 Å². The van der Waals surface area contributed by atoms with Crippen LogP contribution in [0.5, 0.6) is 5.75 Å². The van der Waals surface area contributed by atoms with Crippen LogP contribution in [-0.2, 0) is 9.53 Å². The van der Waals surface area contributed by atoms with Crippen LogP contribution in [0.1, 0.15) is 59.1 Å². The molecule has 0 aliphatic carbocycles. The summed E-state index contributed by atoms with van der Waals surface area (Å²) in [7, 11) is 0. The maximum atomic E-state index is 11.5. The van der Waals surface area contributed by atoms with Gasteiger partial charge in [0.1, 0.15) is 5.75 Å². The second-order valence-corrected chi connectivity index (χ2v) is 7.32. The van der Waals surface area contributed by atoms with Crippen LogP contribution >= 0.6 is 0 Å². The maximum Gasteiger partial charge on any atom is 0.217 e. The Morgan fingerprint density at radius 3 is 2.61 bits per heavy atom. The van der Waals surface area contributed by atoms with Crippen molar-refractivity contribution < 1.29 is 14.3 Å². The summed E-state index contributed by atoms with van der Waals surface area (Å²) < 4.78 is 12.2. The van der Waals surface area contributed by atoms with Crippen molar-refractivity contribution in [2.75, 3.05) is 6.61 Å². The van der Waals surface area contributed by atoms with Gasteiger partial charge in [0.05, 0.1) is 18.8 Å². The maximum absolute atomic E-state index is 11.5. The zero-order chi connectivity index (χ0) is 17.0. The average molecular weight is 319 g/mol. The summed E-state index contributed by atoms with van der Waals surface area (Å²) >= 11 is 0. The predicted molar refractivity (Wildman–Crippen MR) is 91.5 cm³/mol. The number of carbonyl (C=O) groups excluding carboxylic acids is 1. The van der Waals surface area contributed by atoms with Crippen LogP contribution in [0.3, 0.4) is 0 Å². The summed E-state index contributed by atoms with van der Waals surface area (Å²) in [5.74, 6) is 0.887. The molecule has 0 spiro atoms. The molecule has 23 heavy (non-hydrogen) atoms. The van der Waals surface area contributed by atoms with Crippen molar-refractivity contribution >= 4 is 5.91 Å². The molecule has 1 saturated heterocycles. The van der Waals surface area contributed by atoms with Crippen molar-refractivity contribution in [1.29, 1.82) is 0 Å². The molecule has 2 rings (SSSR count). The highest BCUT2D eigenvalue weighted by atomic mass is 16.5. The Hall–Kier alpha value is -1.55. The van der Waals surface area contributed by atoms with E-state index in [9.17, 15) is 4.79 Å². The lowest BCUT2D eigenvalue weighted by atomic mass is 9.81. The van der Waals surface area contributed by atoms with Crippen molar-refractivity contribution in [2.24, 2.45) is 5.41 Å². The lowest BCUT2D eigenvalue weighted by molar-refractivity contribution is -0.127. The monoisotopic (exact) mass is 319 g/mol. The van der Waals surface area contributed by atoms with E-state index in [1.165, 1.54) is 0 Å². The van der Waals surface area contributed by atoms with Crippen LogP contribution in [0.25, 0.3) is 0 Å². The minimum atomic E-state index is -0.0624. The van der Waals surface area contributed by atoms with Gasteiger partial charge in [0.2, 0.25) is 5.91 Å². The van der Waals surface area contributed by atoms with E-state index in [4.69, 9.17) is 9.47 Å². The molecule has 4 heteroatoms. The highest BCUT2D eigenvalue weighted by Crippen LogP contribution is 2.41. The molecule has 1 aliphatic heterocycles. The van der Waals surface area contributed by atoms with Gasteiger partial charge in [-0.15, -0.1) is 0 Å². The third-order valence-electron chi connectivity index (χ3n) is 4.26. The van der Waals surface area contributed by atoms with Crippen LogP contribution in [0.4, 0.5) is 0 Å².